The summed E-state index contributed by atoms with van der Waals surface area (Å²) in [7, 11) is 1.28. The number of sulfonamides is 1. The van der Waals surface area contributed by atoms with Gasteiger partial charge in [0.1, 0.15) is 23.4 Å². The molecule has 3 aromatic rings. The third-order valence-electron chi connectivity index (χ3n) is 7.64. The standard InChI is InChI=1S/C32H41N3O7S/c1-22-18-35(23(2)21-36)32(37)17-25-16-26(33-43(38,39)29-13-11-28(41-5)12-14-29)8-15-30(25)42-31(22)20-34(3)19-24-6-9-27(40-4)10-7-24/h6-16,22-23,31,33,36H,17-21H2,1-5H3/t22-,23-,31+/m0/s1. The van der Waals surface area contributed by atoms with Crippen LogP contribution in [0.4, 0.5) is 5.69 Å². The summed E-state index contributed by atoms with van der Waals surface area (Å²) in [5.74, 6) is 1.64. The van der Waals surface area contributed by atoms with Crippen LogP contribution in [0.2, 0.25) is 0 Å². The summed E-state index contributed by atoms with van der Waals surface area (Å²) in [6.45, 7) is 5.36. The Labute approximate surface area is 254 Å². The van der Waals surface area contributed by atoms with Crippen molar-refractivity contribution in [2.45, 2.75) is 43.9 Å². The van der Waals surface area contributed by atoms with Gasteiger partial charge in [-0.3, -0.25) is 14.4 Å². The highest BCUT2D eigenvalue weighted by molar-refractivity contribution is 7.92. The molecule has 3 atom stereocenters. The maximum Gasteiger partial charge on any atom is 0.261 e. The number of hydrogen-bond donors (Lipinski definition) is 2. The van der Waals surface area contributed by atoms with Crippen LogP contribution in [0.1, 0.15) is 25.0 Å². The fraction of sp³-hybridized carbons (Fsp3) is 0.406. The summed E-state index contributed by atoms with van der Waals surface area (Å²) in [6, 6.07) is 18.6. The van der Waals surface area contributed by atoms with E-state index in [0.717, 1.165) is 11.3 Å². The van der Waals surface area contributed by atoms with Crippen LogP contribution in [-0.4, -0.2) is 82.3 Å². The molecule has 11 heteroatoms. The van der Waals surface area contributed by atoms with Gasteiger partial charge < -0.3 is 24.2 Å². The van der Waals surface area contributed by atoms with Crippen LogP contribution in [0.5, 0.6) is 17.2 Å². The zero-order chi connectivity index (χ0) is 31.1. The Bertz CT molecular complexity index is 1480. The van der Waals surface area contributed by atoms with Crippen molar-refractivity contribution >= 4 is 21.6 Å². The van der Waals surface area contributed by atoms with Crippen molar-refractivity contribution in [2.24, 2.45) is 5.92 Å². The van der Waals surface area contributed by atoms with Crippen LogP contribution >= 0.6 is 0 Å². The molecule has 232 valence electrons. The van der Waals surface area contributed by atoms with Gasteiger partial charge in [0.25, 0.3) is 10.0 Å². The van der Waals surface area contributed by atoms with Gasteiger partial charge in [0.2, 0.25) is 5.91 Å². The quantitative estimate of drug-likeness (QED) is 0.337. The second-order valence-electron chi connectivity index (χ2n) is 11.0. The molecule has 0 saturated heterocycles. The molecule has 1 amide bonds. The highest BCUT2D eigenvalue weighted by Crippen LogP contribution is 2.30. The molecule has 0 aromatic heterocycles. The first kappa shape index (κ1) is 32.1. The highest BCUT2D eigenvalue weighted by Gasteiger charge is 2.31. The summed E-state index contributed by atoms with van der Waals surface area (Å²) in [5, 5.41) is 9.92. The van der Waals surface area contributed by atoms with E-state index in [4.69, 9.17) is 14.2 Å². The smallest absolute Gasteiger partial charge is 0.261 e. The van der Waals surface area contributed by atoms with E-state index in [9.17, 15) is 18.3 Å². The summed E-state index contributed by atoms with van der Waals surface area (Å²) >= 11 is 0. The minimum absolute atomic E-state index is 0.00109. The molecular weight excluding hydrogens is 570 g/mol. The van der Waals surface area contributed by atoms with E-state index >= 15 is 0 Å². The van der Waals surface area contributed by atoms with Gasteiger partial charge in [0, 0.05) is 36.8 Å². The fourth-order valence-corrected chi connectivity index (χ4v) is 6.14. The molecule has 2 N–H and O–H groups in total. The molecule has 0 spiro atoms. The Morgan fingerprint density at radius 2 is 1.67 bits per heavy atom. The molecule has 0 saturated carbocycles. The number of hydrogen-bond acceptors (Lipinski definition) is 8. The highest BCUT2D eigenvalue weighted by atomic mass is 32.2. The van der Waals surface area contributed by atoms with Gasteiger partial charge in [0.15, 0.2) is 0 Å². The number of nitrogens with zero attached hydrogens (tertiary/aromatic N) is 2. The van der Waals surface area contributed by atoms with E-state index in [0.29, 0.717) is 42.4 Å². The molecule has 0 bridgehead atoms. The number of fused-ring (bicyclic) bond motifs is 1. The van der Waals surface area contributed by atoms with Crippen molar-refractivity contribution in [3.63, 3.8) is 0 Å². The lowest BCUT2D eigenvalue weighted by atomic mass is 10.0. The van der Waals surface area contributed by atoms with Crippen LogP contribution in [0, 0.1) is 5.92 Å². The molecule has 4 rings (SSSR count). The zero-order valence-corrected chi connectivity index (χ0v) is 26.1. The average molecular weight is 612 g/mol. The molecule has 0 unspecified atom stereocenters. The van der Waals surface area contributed by atoms with Crippen LogP contribution < -0.4 is 18.9 Å². The second-order valence-corrected chi connectivity index (χ2v) is 12.7. The first-order chi connectivity index (χ1) is 20.5. The number of carbonyl (C=O) groups excluding carboxylic acids is 1. The lowest BCUT2D eigenvalue weighted by molar-refractivity contribution is -0.134. The van der Waals surface area contributed by atoms with Crippen LogP contribution in [0.15, 0.2) is 71.6 Å². The Morgan fingerprint density at radius 3 is 2.28 bits per heavy atom. The maximum atomic E-state index is 13.5. The second kappa shape index (κ2) is 14.1. The molecule has 0 radical (unpaired) electrons. The first-order valence-corrected chi connectivity index (χ1v) is 15.7. The minimum Gasteiger partial charge on any atom is -0.497 e. The van der Waals surface area contributed by atoms with Gasteiger partial charge in [-0.05, 0) is 74.1 Å². The molecule has 1 heterocycles. The lowest BCUT2D eigenvalue weighted by Crippen LogP contribution is -2.47. The number of carbonyl (C=O) groups is 1. The number of methoxy groups -OCH3 is 2. The maximum absolute atomic E-state index is 13.5. The monoisotopic (exact) mass is 611 g/mol. The van der Waals surface area contributed by atoms with E-state index < -0.39 is 10.0 Å². The minimum atomic E-state index is -3.89. The molecule has 0 aliphatic carbocycles. The molecule has 3 aromatic carbocycles. The van der Waals surface area contributed by atoms with E-state index in [2.05, 4.69) is 9.62 Å². The van der Waals surface area contributed by atoms with Crippen molar-refractivity contribution in [2.75, 3.05) is 45.7 Å². The van der Waals surface area contributed by atoms with Crippen molar-refractivity contribution in [3.05, 3.63) is 77.9 Å². The molecule has 43 heavy (non-hydrogen) atoms. The SMILES string of the molecule is COc1ccc(CN(C)C[C@H]2Oc3ccc(NS(=O)(=O)c4ccc(OC)cc4)cc3CC(=O)N([C@@H](C)CO)C[C@@H]2C)cc1. The Morgan fingerprint density at radius 1 is 1.05 bits per heavy atom. The Balaban J connectivity index is 1.60. The summed E-state index contributed by atoms with van der Waals surface area (Å²) in [5.41, 5.74) is 2.00. The number of nitrogens with one attached hydrogen (secondary N) is 1. The molecule has 10 nitrogen and oxygen atoms in total. The van der Waals surface area contributed by atoms with Gasteiger partial charge in [-0.2, -0.15) is 0 Å². The van der Waals surface area contributed by atoms with Gasteiger partial charge in [0.05, 0.1) is 38.2 Å². The van der Waals surface area contributed by atoms with E-state index in [1.165, 1.54) is 19.2 Å². The van der Waals surface area contributed by atoms with E-state index in [-0.39, 0.29) is 41.9 Å². The summed E-state index contributed by atoms with van der Waals surface area (Å²) < 4.78 is 45.8. The number of benzene rings is 3. The predicted octanol–water partition coefficient (Wildman–Crippen LogP) is 3.79. The first-order valence-electron chi connectivity index (χ1n) is 14.2. The third-order valence-corrected chi connectivity index (χ3v) is 9.04. The topological polar surface area (TPSA) is 118 Å². The number of ether oxygens (including phenoxy) is 3. The van der Waals surface area contributed by atoms with Crippen LogP contribution in [0.25, 0.3) is 0 Å². The molecular formula is C32H41N3O7S. The number of aliphatic hydroxyl groups excluding tert-OH is 1. The Hall–Kier alpha value is -3.80. The van der Waals surface area contributed by atoms with Crippen LogP contribution in [0.3, 0.4) is 0 Å². The number of anilines is 1. The predicted molar refractivity (Wildman–Crippen MR) is 165 cm³/mol. The van der Waals surface area contributed by atoms with Gasteiger partial charge in [-0.15, -0.1) is 0 Å². The van der Waals surface area contributed by atoms with Gasteiger partial charge >= 0.3 is 0 Å². The lowest BCUT2D eigenvalue weighted by Gasteiger charge is -2.34. The zero-order valence-electron chi connectivity index (χ0n) is 25.3. The number of rotatable bonds is 11. The number of likely N-dealkylation sites (N-methyl/N-ethyl adjacent to an activating group) is 1. The van der Waals surface area contributed by atoms with Crippen molar-refractivity contribution in [1.82, 2.24) is 9.80 Å². The largest absolute Gasteiger partial charge is 0.497 e. The number of amides is 1. The summed E-state index contributed by atoms with van der Waals surface area (Å²) in [6.07, 6.45) is -0.290. The number of aliphatic hydroxyl groups is 1. The van der Waals surface area contributed by atoms with Crippen molar-refractivity contribution in [1.29, 1.82) is 0 Å². The normalized spacial score (nSPS) is 18.1. The van der Waals surface area contributed by atoms with Crippen molar-refractivity contribution in [3.8, 4) is 17.2 Å². The molecule has 1 aliphatic heterocycles. The van der Waals surface area contributed by atoms with Gasteiger partial charge in [-0.1, -0.05) is 19.1 Å². The van der Waals surface area contributed by atoms with Gasteiger partial charge in [-0.25, -0.2) is 8.42 Å². The molecule has 0 fully saturated rings. The van der Waals surface area contributed by atoms with E-state index in [1.54, 1.807) is 42.3 Å². The average Bonchev–Trinajstić information content (AvgIpc) is 3.04. The molecule has 1 aliphatic rings. The van der Waals surface area contributed by atoms with E-state index in [1.807, 2.05) is 45.2 Å². The third kappa shape index (κ3) is 8.19. The fourth-order valence-electron chi connectivity index (χ4n) is 5.09. The Kier molecular flexibility index (Phi) is 10.5. The summed E-state index contributed by atoms with van der Waals surface area (Å²) in [4.78, 5) is 17.5. The van der Waals surface area contributed by atoms with Crippen LogP contribution in [-0.2, 0) is 27.8 Å². The van der Waals surface area contributed by atoms with Crippen molar-refractivity contribution < 1.29 is 32.5 Å².